The summed E-state index contributed by atoms with van der Waals surface area (Å²) < 4.78 is 15.9. The molecule has 32 heavy (non-hydrogen) atoms. The van der Waals surface area contributed by atoms with E-state index in [-0.39, 0.29) is 29.5 Å². The second kappa shape index (κ2) is 8.49. The van der Waals surface area contributed by atoms with Crippen molar-refractivity contribution in [3.8, 4) is 5.69 Å². The van der Waals surface area contributed by atoms with Crippen LogP contribution in [0.25, 0.3) is 5.69 Å². The minimum absolute atomic E-state index is 0.0320. The smallest absolute Gasteiger partial charge is 0.254 e. The second-order valence-corrected chi connectivity index (χ2v) is 8.35. The number of fused-ring (bicyclic) bond motifs is 1. The highest BCUT2D eigenvalue weighted by molar-refractivity contribution is 6.02. The molecule has 9 heteroatoms. The number of hydrogen-bond donors (Lipinski definition) is 1. The molecule has 164 valence electrons. The Morgan fingerprint density at radius 2 is 1.88 bits per heavy atom. The van der Waals surface area contributed by atoms with Gasteiger partial charge >= 0.3 is 0 Å². The Balaban J connectivity index is 1.43. The highest BCUT2D eigenvalue weighted by Crippen LogP contribution is 2.41. The fourth-order valence-electron chi connectivity index (χ4n) is 4.96. The summed E-state index contributed by atoms with van der Waals surface area (Å²) in [7, 11) is 0. The van der Waals surface area contributed by atoms with Crippen molar-refractivity contribution in [1.82, 2.24) is 25.1 Å². The maximum atomic E-state index is 14.5. The van der Waals surface area contributed by atoms with Crippen LogP contribution < -0.4 is 5.32 Å². The fraction of sp³-hybridized carbons (Fsp3) is 0.348. The summed E-state index contributed by atoms with van der Waals surface area (Å²) in [6, 6.07) is 12.7. The number of rotatable bonds is 4. The van der Waals surface area contributed by atoms with E-state index in [1.54, 1.807) is 17.0 Å². The van der Waals surface area contributed by atoms with Crippen LogP contribution in [0.2, 0.25) is 0 Å². The molecule has 5 rings (SSSR count). The predicted octanol–water partition coefficient (Wildman–Crippen LogP) is 3.21. The summed E-state index contributed by atoms with van der Waals surface area (Å²) in [6.07, 6.45) is 6.00. The lowest BCUT2D eigenvalue weighted by atomic mass is 9.84. The van der Waals surface area contributed by atoms with E-state index in [9.17, 15) is 14.0 Å². The molecule has 1 N–H and O–H groups in total. The first-order chi connectivity index (χ1) is 15.6. The molecule has 2 aliphatic rings. The molecule has 1 aliphatic carbocycles. The molecular formula is C23H23FN6O2. The Kier molecular flexibility index (Phi) is 5.38. The Labute approximate surface area is 184 Å². The van der Waals surface area contributed by atoms with E-state index in [1.807, 2.05) is 18.2 Å². The summed E-state index contributed by atoms with van der Waals surface area (Å²) in [5.74, 6) is -0.810. The Bertz CT molecular complexity index is 1120. The van der Waals surface area contributed by atoms with E-state index in [4.69, 9.17) is 0 Å². The zero-order valence-corrected chi connectivity index (χ0v) is 17.4. The monoisotopic (exact) mass is 434 g/mol. The number of nitrogens with one attached hydrogen (secondary N) is 1. The lowest BCUT2D eigenvalue weighted by Gasteiger charge is -2.33. The summed E-state index contributed by atoms with van der Waals surface area (Å²) in [5, 5.41) is 13.7. The van der Waals surface area contributed by atoms with Crippen molar-refractivity contribution < 1.29 is 14.0 Å². The maximum Gasteiger partial charge on any atom is 0.254 e. The molecule has 1 saturated heterocycles. The van der Waals surface area contributed by atoms with E-state index < -0.39 is 11.9 Å². The van der Waals surface area contributed by atoms with Crippen molar-refractivity contribution in [3.63, 3.8) is 0 Å². The Hall–Kier alpha value is -3.62. The number of carbonyl (C=O) groups is 2. The van der Waals surface area contributed by atoms with Crippen LogP contribution in [0.4, 0.5) is 10.1 Å². The first kappa shape index (κ1) is 20.3. The third kappa shape index (κ3) is 3.74. The number of likely N-dealkylation sites (tertiary alicyclic amines) is 1. The van der Waals surface area contributed by atoms with Crippen LogP contribution in [-0.4, -0.2) is 49.0 Å². The van der Waals surface area contributed by atoms with Gasteiger partial charge in [0, 0.05) is 11.6 Å². The first-order valence-electron chi connectivity index (χ1n) is 10.8. The van der Waals surface area contributed by atoms with Crippen molar-refractivity contribution >= 4 is 17.5 Å². The fourth-order valence-corrected chi connectivity index (χ4v) is 4.96. The number of halogens is 1. The topological polar surface area (TPSA) is 93.0 Å². The molecule has 1 saturated carbocycles. The van der Waals surface area contributed by atoms with Gasteiger partial charge in [0.1, 0.15) is 18.2 Å². The zero-order valence-electron chi connectivity index (χ0n) is 17.4. The molecule has 2 aromatic carbocycles. The SMILES string of the molecule is O=C(Nc1cc(-n2cnnn2)ccc1F)C1CC2CCCCC2N1C(=O)c1ccccc1. The van der Waals surface area contributed by atoms with E-state index in [0.29, 0.717) is 17.7 Å². The maximum absolute atomic E-state index is 14.5. The number of aromatic nitrogens is 4. The Morgan fingerprint density at radius 1 is 1.06 bits per heavy atom. The van der Waals surface area contributed by atoms with Gasteiger partial charge in [0.25, 0.3) is 5.91 Å². The molecule has 1 aliphatic heterocycles. The lowest BCUT2D eigenvalue weighted by Crippen LogP contribution is -2.47. The first-order valence-corrected chi connectivity index (χ1v) is 10.8. The molecule has 1 aromatic heterocycles. The van der Waals surface area contributed by atoms with Crippen molar-refractivity contribution in [1.29, 1.82) is 0 Å². The average molecular weight is 434 g/mol. The van der Waals surface area contributed by atoms with Crippen LogP contribution in [-0.2, 0) is 4.79 Å². The lowest BCUT2D eigenvalue weighted by molar-refractivity contribution is -0.120. The molecule has 8 nitrogen and oxygen atoms in total. The van der Waals surface area contributed by atoms with Gasteiger partial charge in [0.15, 0.2) is 0 Å². The van der Waals surface area contributed by atoms with Crippen LogP contribution in [0.5, 0.6) is 0 Å². The molecule has 2 amide bonds. The number of benzene rings is 2. The van der Waals surface area contributed by atoms with Crippen molar-refractivity contribution in [2.75, 3.05) is 5.32 Å². The molecule has 0 radical (unpaired) electrons. The highest BCUT2D eigenvalue weighted by atomic mass is 19.1. The molecule has 2 heterocycles. The van der Waals surface area contributed by atoms with E-state index in [0.717, 1.165) is 25.7 Å². The third-order valence-electron chi connectivity index (χ3n) is 6.47. The molecule has 3 aromatic rings. The zero-order chi connectivity index (χ0) is 22.1. The van der Waals surface area contributed by atoms with Gasteiger partial charge in [0.05, 0.1) is 11.4 Å². The minimum atomic E-state index is -0.646. The van der Waals surface area contributed by atoms with Gasteiger partial charge in [0.2, 0.25) is 5.91 Å². The minimum Gasteiger partial charge on any atom is -0.323 e. The van der Waals surface area contributed by atoms with Gasteiger partial charge < -0.3 is 10.2 Å². The normalized spacial score (nSPS) is 22.4. The molecule has 2 fully saturated rings. The average Bonchev–Trinajstić information content (AvgIpc) is 3.49. The predicted molar refractivity (Wildman–Crippen MR) is 115 cm³/mol. The Morgan fingerprint density at radius 3 is 2.66 bits per heavy atom. The summed E-state index contributed by atoms with van der Waals surface area (Å²) in [4.78, 5) is 28.5. The molecular weight excluding hydrogens is 411 g/mol. The van der Waals surface area contributed by atoms with Crippen molar-refractivity contribution in [2.45, 2.75) is 44.2 Å². The van der Waals surface area contributed by atoms with Crippen molar-refractivity contribution in [2.24, 2.45) is 5.92 Å². The third-order valence-corrected chi connectivity index (χ3v) is 6.47. The van der Waals surface area contributed by atoms with Crippen LogP contribution in [0.15, 0.2) is 54.9 Å². The largest absolute Gasteiger partial charge is 0.323 e. The van der Waals surface area contributed by atoms with Crippen LogP contribution >= 0.6 is 0 Å². The van der Waals surface area contributed by atoms with E-state index in [2.05, 4.69) is 20.8 Å². The van der Waals surface area contributed by atoms with Crippen LogP contribution in [0.3, 0.4) is 0 Å². The van der Waals surface area contributed by atoms with E-state index in [1.165, 1.54) is 29.2 Å². The van der Waals surface area contributed by atoms with Gasteiger partial charge in [-0.05, 0) is 65.9 Å². The van der Waals surface area contributed by atoms with Crippen LogP contribution in [0, 0.1) is 11.7 Å². The summed E-state index contributed by atoms with van der Waals surface area (Å²) >= 11 is 0. The number of carbonyl (C=O) groups excluding carboxylic acids is 2. The highest BCUT2D eigenvalue weighted by Gasteiger charge is 2.47. The number of anilines is 1. The van der Waals surface area contributed by atoms with Gasteiger partial charge in [-0.25, -0.2) is 9.07 Å². The van der Waals surface area contributed by atoms with Crippen molar-refractivity contribution in [3.05, 3.63) is 66.2 Å². The van der Waals surface area contributed by atoms with E-state index >= 15 is 0 Å². The molecule has 0 bridgehead atoms. The van der Waals surface area contributed by atoms with Gasteiger partial charge in [-0.15, -0.1) is 5.10 Å². The number of amides is 2. The second-order valence-electron chi connectivity index (χ2n) is 8.35. The quantitative estimate of drug-likeness (QED) is 0.681. The summed E-state index contributed by atoms with van der Waals surface area (Å²) in [5.41, 5.74) is 1.11. The molecule has 3 unspecified atom stereocenters. The number of tetrazole rings is 1. The van der Waals surface area contributed by atoms with Gasteiger partial charge in [-0.1, -0.05) is 31.0 Å². The number of hydrogen-bond acceptors (Lipinski definition) is 5. The molecule has 0 spiro atoms. The number of nitrogens with zero attached hydrogens (tertiary/aromatic N) is 5. The standard InChI is InChI=1S/C23H23FN6O2/c24-18-11-10-17(29-14-25-27-28-29)13-19(18)26-22(31)21-12-16-8-4-5-9-20(16)30(21)23(32)15-6-2-1-3-7-15/h1-3,6-7,10-11,13-14,16,20-21H,4-5,8-9,12H2,(H,26,31). The van der Waals surface area contributed by atoms with Gasteiger partial charge in [-0.2, -0.15) is 0 Å². The van der Waals surface area contributed by atoms with Crippen LogP contribution in [0.1, 0.15) is 42.5 Å². The molecule has 3 atom stereocenters. The summed E-state index contributed by atoms with van der Waals surface area (Å²) in [6.45, 7) is 0. The van der Waals surface area contributed by atoms with Gasteiger partial charge in [-0.3, -0.25) is 9.59 Å².